The van der Waals surface area contributed by atoms with E-state index in [0.29, 0.717) is 32.8 Å². The van der Waals surface area contributed by atoms with Crippen LogP contribution in [0.2, 0.25) is 10.0 Å². The van der Waals surface area contributed by atoms with Crippen molar-refractivity contribution in [3.05, 3.63) is 87.9 Å². The zero-order valence-electron chi connectivity index (χ0n) is 16.6. The van der Waals surface area contributed by atoms with Gasteiger partial charge in [-0.15, -0.1) is 0 Å². The first-order chi connectivity index (χ1) is 14.6. The summed E-state index contributed by atoms with van der Waals surface area (Å²) in [6.45, 7) is 3.44. The smallest absolute Gasteiger partial charge is 0.263 e. The summed E-state index contributed by atoms with van der Waals surface area (Å²) in [7, 11) is -3.80. The zero-order chi connectivity index (χ0) is 22.6. The molecule has 0 saturated heterocycles. The number of carbonyl (C=O) groups is 1. The molecule has 160 valence electrons. The number of rotatable bonds is 7. The van der Waals surface area contributed by atoms with Crippen LogP contribution >= 0.6 is 23.2 Å². The first-order valence-corrected chi connectivity index (χ1v) is 11.3. The summed E-state index contributed by atoms with van der Waals surface area (Å²) in [5.41, 5.74) is 1.66. The Morgan fingerprint density at radius 2 is 1.68 bits per heavy atom. The maximum Gasteiger partial charge on any atom is 0.263 e. The Kier molecular flexibility index (Phi) is 6.94. The van der Waals surface area contributed by atoms with Crippen LogP contribution in [0, 0.1) is 13.8 Å². The van der Waals surface area contributed by atoms with Crippen LogP contribution in [0.15, 0.2) is 65.7 Å². The summed E-state index contributed by atoms with van der Waals surface area (Å²) >= 11 is 11.8. The predicted molar refractivity (Wildman–Crippen MR) is 122 cm³/mol. The number of benzene rings is 2. The fraction of sp³-hybridized carbons (Fsp3) is 0.0952. The van der Waals surface area contributed by atoms with Crippen LogP contribution in [-0.2, 0) is 10.0 Å². The molecule has 0 fully saturated rings. The highest BCUT2D eigenvalue weighted by molar-refractivity contribution is 7.92. The molecule has 0 aliphatic carbocycles. The van der Waals surface area contributed by atoms with Gasteiger partial charge < -0.3 is 5.32 Å². The number of hydrogen-bond donors (Lipinski definition) is 2. The van der Waals surface area contributed by atoms with Crippen molar-refractivity contribution in [1.29, 1.82) is 0 Å². The van der Waals surface area contributed by atoms with E-state index in [9.17, 15) is 13.2 Å². The van der Waals surface area contributed by atoms with E-state index in [1.54, 1.807) is 44.2 Å². The van der Waals surface area contributed by atoms with Crippen LogP contribution in [0.1, 0.15) is 21.9 Å². The number of sulfonamides is 1. The Hall–Kier alpha value is -2.94. The third-order valence-corrected chi connectivity index (χ3v) is 6.17. The summed E-state index contributed by atoms with van der Waals surface area (Å²) in [6.07, 6.45) is 2.80. The summed E-state index contributed by atoms with van der Waals surface area (Å²) in [4.78, 5) is 20.5. The van der Waals surface area contributed by atoms with E-state index in [-0.39, 0.29) is 16.5 Å². The summed E-state index contributed by atoms with van der Waals surface area (Å²) < 4.78 is 27.6. The normalized spacial score (nSPS) is 11.5. The van der Waals surface area contributed by atoms with Crippen LogP contribution in [0.4, 0.5) is 11.5 Å². The Morgan fingerprint density at radius 3 is 2.32 bits per heavy atom. The lowest BCUT2D eigenvalue weighted by molar-refractivity contribution is 0.104. The third-order valence-electron chi connectivity index (χ3n) is 4.06. The van der Waals surface area contributed by atoms with E-state index in [4.69, 9.17) is 23.2 Å². The quantitative estimate of drug-likeness (QED) is 0.367. The molecule has 2 aromatic carbocycles. The van der Waals surface area contributed by atoms with Gasteiger partial charge in [0.05, 0.1) is 14.9 Å². The molecule has 1 aromatic heterocycles. The highest BCUT2D eigenvalue weighted by atomic mass is 35.5. The van der Waals surface area contributed by atoms with Gasteiger partial charge >= 0.3 is 0 Å². The first kappa shape index (κ1) is 22.7. The molecule has 0 unspecified atom stereocenters. The maximum absolute atomic E-state index is 12.6. The Bertz CT molecular complexity index is 1240. The van der Waals surface area contributed by atoms with Gasteiger partial charge in [0.25, 0.3) is 10.0 Å². The molecule has 0 aliphatic heterocycles. The van der Waals surface area contributed by atoms with Crippen LogP contribution in [0.3, 0.4) is 0 Å². The van der Waals surface area contributed by atoms with Crippen LogP contribution < -0.4 is 10.0 Å². The van der Waals surface area contributed by atoms with Crippen molar-refractivity contribution >= 4 is 50.5 Å². The SMILES string of the molecule is Cc1cc(NS(=O)(=O)c2ccc(N/C=C/C(=O)c3ccc(Cl)c(Cl)c3)cc2)nc(C)n1. The second kappa shape index (κ2) is 9.47. The average molecular weight is 477 g/mol. The number of hydrogen-bond acceptors (Lipinski definition) is 6. The molecule has 31 heavy (non-hydrogen) atoms. The number of nitrogens with one attached hydrogen (secondary N) is 2. The number of anilines is 2. The van der Waals surface area contributed by atoms with Gasteiger partial charge in [-0.05, 0) is 56.3 Å². The van der Waals surface area contributed by atoms with Crippen molar-refractivity contribution < 1.29 is 13.2 Å². The number of nitrogens with zero attached hydrogens (tertiary/aromatic N) is 2. The van der Waals surface area contributed by atoms with E-state index < -0.39 is 10.0 Å². The van der Waals surface area contributed by atoms with Gasteiger partial charge in [0.1, 0.15) is 11.6 Å². The lowest BCUT2D eigenvalue weighted by Gasteiger charge is -2.09. The molecule has 0 atom stereocenters. The van der Waals surface area contributed by atoms with Crippen LogP contribution in [-0.4, -0.2) is 24.2 Å². The molecule has 0 bridgehead atoms. The number of carbonyl (C=O) groups excluding carboxylic acids is 1. The largest absolute Gasteiger partial charge is 0.362 e. The van der Waals surface area contributed by atoms with E-state index in [2.05, 4.69) is 20.0 Å². The molecule has 10 heteroatoms. The second-order valence-corrected chi connectivity index (χ2v) is 9.04. The third kappa shape index (κ3) is 6.04. The standard InChI is InChI=1S/C21H18Cl2N4O3S/c1-13-11-21(26-14(2)25-13)27-31(29,30)17-6-4-16(5-7-17)24-10-9-20(28)15-3-8-18(22)19(23)12-15/h3-12,24H,1-2H3,(H,25,26,27)/b10-9+. The minimum atomic E-state index is -3.80. The number of ketones is 1. The number of allylic oxidation sites excluding steroid dienone is 1. The number of halogens is 2. The minimum Gasteiger partial charge on any atom is -0.362 e. The Morgan fingerprint density at radius 1 is 0.968 bits per heavy atom. The van der Waals surface area contributed by atoms with Crippen molar-refractivity contribution in [2.45, 2.75) is 18.7 Å². The molecular formula is C21H18Cl2N4O3S. The fourth-order valence-electron chi connectivity index (χ4n) is 2.66. The molecular weight excluding hydrogens is 459 g/mol. The molecule has 0 saturated carbocycles. The lowest BCUT2D eigenvalue weighted by atomic mass is 10.1. The van der Waals surface area contributed by atoms with Crippen LogP contribution in [0.5, 0.6) is 0 Å². The molecule has 0 radical (unpaired) electrons. The van der Waals surface area contributed by atoms with Gasteiger partial charge in [-0.2, -0.15) is 0 Å². The number of aryl methyl sites for hydroxylation is 2. The van der Waals surface area contributed by atoms with Crippen molar-refractivity contribution in [2.24, 2.45) is 0 Å². The maximum atomic E-state index is 12.6. The fourth-order valence-corrected chi connectivity index (χ4v) is 3.95. The average Bonchev–Trinajstić information content (AvgIpc) is 2.69. The highest BCUT2D eigenvalue weighted by Gasteiger charge is 2.15. The van der Waals surface area contributed by atoms with Crippen LogP contribution in [0.25, 0.3) is 0 Å². The van der Waals surface area contributed by atoms with E-state index in [1.165, 1.54) is 30.5 Å². The summed E-state index contributed by atoms with van der Waals surface area (Å²) in [5.74, 6) is 0.417. The molecule has 0 spiro atoms. The Labute approximate surface area is 190 Å². The predicted octanol–water partition coefficient (Wildman–Crippen LogP) is 5.01. The lowest BCUT2D eigenvalue weighted by Crippen LogP contribution is -2.14. The molecule has 1 heterocycles. The molecule has 3 rings (SSSR count). The highest BCUT2D eigenvalue weighted by Crippen LogP contribution is 2.23. The topological polar surface area (TPSA) is 101 Å². The molecule has 0 aliphatic rings. The zero-order valence-corrected chi connectivity index (χ0v) is 18.9. The minimum absolute atomic E-state index is 0.0721. The molecule has 2 N–H and O–H groups in total. The first-order valence-electron chi connectivity index (χ1n) is 9.02. The van der Waals surface area contributed by atoms with Crippen molar-refractivity contribution in [1.82, 2.24) is 9.97 Å². The number of aromatic nitrogens is 2. The van der Waals surface area contributed by atoms with Gasteiger partial charge in [0.15, 0.2) is 5.78 Å². The van der Waals surface area contributed by atoms with Gasteiger partial charge in [-0.1, -0.05) is 23.2 Å². The van der Waals surface area contributed by atoms with E-state index in [1.807, 2.05) is 0 Å². The monoisotopic (exact) mass is 476 g/mol. The van der Waals surface area contributed by atoms with E-state index in [0.717, 1.165) is 0 Å². The molecule has 3 aromatic rings. The Balaban J connectivity index is 1.65. The van der Waals surface area contributed by atoms with Gasteiger partial charge in [-0.3, -0.25) is 9.52 Å². The van der Waals surface area contributed by atoms with E-state index >= 15 is 0 Å². The molecule has 0 amide bonds. The van der Waals surface area contributed by atoms with Crippen molar-refractivity contribution in [2.75, 3.05) is 10.0 Å². The summed E-state index contributed by atoms with van der Waals surface area (Å²) in [5, 5.41) is 3.59. The van der Waals surface area contributed by atoms with Gasteiger partial charge in [0.2, 0.25) is 0 Å². The van der Waals surface area contributed by atoms with Crippen molar-refractivity contribution in [3.8, 4) is 0 Å². The summed E-state index contributed by atoms with van der Waals surface area (Å²) in [6, 6.07) is 12.2. The van der Waals surface area contributed by atoms with Gasteiger partial charge in [-0.25, -0.2) is 18.4 Å². The molecule has 7 nitrogen and oxygen atoms in total. The van der Waals surface area contributed by atoms with Gasteiger partial charge in [0, 0.05) is 35.3 Å². The van der Waals surface area contributed by atoms with Crippen molar-refractivity contribution in [3.63, 3.8) is 0 Å². The second-order valence-electron chi connectivity index (χ2n) is 6.54.